The number of hydrogen-bond donors (Lipinski definition) is 1. The van der Waals surface area contributed by atoms with Gasteiger partial charge in [0.2, 0.25) is 0 Å². The first kappa shape index (κ1) is 14.9. The van der Waals surface area contributed by atoms with Crippen molar-refractivity contribution in [2.75, 3.05) is 19.7 Å². The van der Waals surface area contributed by atoms with E-state index in [1.54, 1.807) is 4.90 Å². The molecular formula is C16H23NO3. The Morgan fingerprint density at radius 3 is 2.90 bits per heavy atom. The topological polar surface area (TPSA) is 49.8 Å². The molecular weight excluding hydrogens is 254 g/mol. The average molecular weight is 277 g/mol. The van der Waals surface area contributed by atoms with Crippen molar-refractivity contribution < 1.29 is 14.6 Å². The second kappa shape index (κ2) is 7.90. The zero-order valence-electron chi connectivity index (χ0n) is 11.8. The standard InChI is InChI=1S/C16H23NO3/c18-16(19)17-10-4-8-14(12-17)9-5-11-20-13-15-6-2-1-3-7-15/h1-3,6-7,14H,4-5,8-13H2,(H,18,19)/t14-/m1/s1. The summed E-state index contributed by atoms with van der Waals surface area (Å²) in [6.07, 6.45) is 3.41. The normalized spacial score (nSPS) is 19.0. The van der Waals surface area contributed by atoms with Gasteiger partial charge in [-0.3, -0.25) is 0 Å². The molecule has 1 amide bonds. The average Bonchev–Trinajstić information content (AvgIpc) is 2.48. The Morgan fingerprint density at radius 2 is 2.15 bits per heavy atom. The molecule has 1 aliphatic heterocycles. The van der Waals surface area contributed by atoms with Gasteiger partial charge >= 0.3 is 6.09 Å². The van der Waals surface area contributed by atoms with Crippen molar-refractivity contribution >= 4 is 6.09 Å². The van der Waals surface area contributed by atoms with Crippen molar-refractivity contribution in [3.63, 3.8) is 0 Å². The van der Waals surface area contributed by atoms with E-state index in [0.717, 1.165) is 32.3 Å². The number of piperidine rings is 1. The van der Waals surface area contributed by atoms with E-state index >= 15 is 0 Å². The number of nitrogens with zero attached hydrogens (tertiary/aromatic N) is 1. The van der Waals surface area contributed by atoms with E-state index in [1.807, 2.05) is 18.2 Å². The number of hydrogen-bond acceptors (Lipinski definition) is 2. The minimum absolute atomic E-state index is 0.500. The Bertz CT molecular complexity index is 407. The number of ether oxygens (including phenoxy) is 1. The van der Waals surface area contributed by atoms with Crippen LogP contribution in [-0.4, -0.2) is 35.8 Å². The van der Waals surface area contributed by atoms with Crippen LogP contribution < -0.4 is 0 Å². The molecule has 1 saturated heterocycles. The van der Waals surface area contributed by atoms with E-state index in [2.05, 4.69) is 12.1 Å². The van der Waals surface area contributed by atoms with E-state index in [-0.39, 0.29) is 0 Å². The van der Waals surface area contributed by atoms with Crippen LogP contribution in [-0.2, 0) is 11.3 Å². The number of amides is 1. The predicted molar refractivity (Wildman–Crippen MR) is 77.7 cm³/mol. The summed E-state index contributed by atoms with van der Waals surface area (Å²) in [5.74, 6) is 0.500. The van der Waals surface area contributed by atoms with E-state index in [1.165, 1.54) is 5.56 Å². The number of benzene rings is 1. The molecule has 0 aromatic heterocycles. The van der Waals surface area contributed by atoms with Gasteiger partial charge in [-0.2, -0.15) is 0 Å². The molecule has 0 saturated carbocycles. The molecule has 0 unspecified atom stereocenters. The second-order valence-corrected chi connectivity index (χ2v) is 5.42. The highest BCUT2D eigenvalue weighted by molar-refractivity contribution is 5.65. The Balaban J connectivity index is 1.58. The Morgan fingerprint density at radius 1 is 1.35 bits per heavy atom. The van der Waals surface area contributed by atoms with Crippen LogP contribution in [0, 0.1) is 5.92 Å². The third kappa shape index (κ3) is 4.85. The fraction of sp³-hybridized carbons (Fsp3) is 0.562. The third-order valence-corrected chi connectivity index (χ3v) is 3.80. The molecule has 1 atom stereocenters. The lowest BCUT2D eigenvalue weighted by Gasteiger charge is -2.30. The third-order valence-electron chi connectivity index (χ3n) is 3.80. The molecule has 0 aliphatic carbocycles. The van der Waals surface area contributed by atoms with Crippen molar-refractivity contribution in [2.24, 2.45) is 5.92 Å². The highest BCUT2D eigenvalue weighted by Crippen LogP contribution is 2.21. The van der Waals surface area contributed by atoms with Crippen LogP contribution in [0.4, 0.5) is 4.79 Å². The fourth-order valence-corrected chi connectivity index (χ4v) is 2.71. The maximum absolute atomic E-state index is 10.9. The lowest BCUT2D eigenvalue weighted by Crippen LogP contribution is -2.39. The van der Waals surface area contributed by atoms with Gasteiger partial charge in [0.1, 0.15) is 0 Å². The van der Waals surface area contributed by atoms with Gasteiger partial charge in [-0.1, -0.05) is 30.3 Å². The van der Waals surface area contributed by atoms with Gasteiger partial charge in [-0.05, 0) is 37.2 Å². The van der Waals surface area contributed by atoms with Gasteiger partial charge in [0.05, 0.1) is 6.61 Å². The maximum Gasteiger partial charge on any atom is 0.407 e. The fourth-order valence-electron chi connectivity index (χ4n) is 2.71. The molecule has 20 heavy (non-hydrogen) atoms. The zero-order chi connectivity index (χ0) is 14.2. The van der Waals surface area contributed by atoms with Crippen LogP contribution in [0.25, 0.3) is 0 Å². The second-order valence-electron chi connectivity index (χ2n) is 5.42. The molecule has 4 nitrogen and oxygen atoms in total. The summed E-state index contributed by atoms with van der Waals surface area (Å²) in [7, 11) is 0. The van der Waals surface area contributed by atoms with Gasteiger partial charge < -0.3 is 14.7 Å². The Kier molecular flexibility index (Phi) is 5.87. The monoisotopic (exact) mass is 277 g/mol. The number of rotatable bonds is 6. The zero-order valence-corrected chi connectivity index (χ0v) is 11.8. The number of likely N-dealkylation sites (tertiary alicyclic amines) is 1. The molecule has 4 heteroatoms. The SMILES string of the molecule is O=C(O)N1CCC[C@H](CCCOCc2ccccc2)C1. The van der Waals surface area contributed by atoms with Crippen LogP contribution >= 0.6 is 0 Å². The van der Waals surface area contributed by atoms with E-state index in [0.29, 0.717) is 25.6 Å². The summed E-state index contributed by atoms with van der Waals surface area (Å²) in [5, 5.41) is 8.99. The first-order valence-corrected chi connectivity index (χ1v) is 7.35. The maximum atomic E-state index is 10.9. The Labute approximate surface area is 120 Å². The minimum atomic E-state index is -0.782. The predicted octanol–water partition coefficient (Wildman–Crippen LogP) is 3.37. The Hall–Kier alpha value is -1.55. The van der Waals surface area contributed by atoms with Crippen molar-refractivity contribution in [3.05, 3.63) is 35.9 Å². The molecule has 1 aromatic carbocycles. The van der Waals surface area contributed by atoms with Gasteiger partial charge in [0.15, 0.2) is 0 Å². The molecule has 2 rings (SSSR count). The van der Waals surface area contributed by atoms with Crippen LogP contribution in [0.5, 0.6) is 0 Å². The number of carbonyl (C=O) groups is 1. The molecule has 0 bridgehead atoms. The van der Waals surface area contributed by atoms with Crippen molar-refractivity contribution in [1.82, 2.24) is 4.90 Å². The molecule has 1 aromatic rings. The lowest BCUT2D eigenvalue weighted by atomic mass is 9.94. The van der Waals surface area contributed by atoms with Gasteiger partial charge in [-0.15, -0.1) is 0 Å². The summed E-state index contributed by atoms with van der Waals surface area (Å²) in [6.45, 7) is 2.79. The van der Waals surface area contributed by atoms with Crippen molar-refractivity contribution in [1.29, 1.82) is 0 Å². The van der Waals surface area contributed by atoms with Crippen molar-refractivity contribution in [3.8, 4) is 0 Å². The van der Waals surface area contributed by atoms with Crippen LogP contribution in [0.3, 0.4) is 0 Å². The quantitative estimate of drug-likeness (QED) is 0.811. The smallest absolute Gasteiger partial charge is 0.407 e. The van der Waals surface area contributed by atoms with E-state index in [4.69, 9.17) is 9.84 Å². The summed E-state index contributed by atoms with van der Waals surface area (Å²) >= 11 is 0. The molecule has 0 spiro atoms. The molecule has 0 radical (unpaired) electrons. The molecule has 1 N–H and O–H groups in total. The van der Waals surface area contributed by atoms with Gasteiger partial charge in [0.25, 0.3) is 0 Å². The summed E-state index contributed by atoms with van der Waals surface area (Å²) in [6, 6.07) is 10.2. The van der Waals surface area contributed by atoms with Gasteiger partial charge in [0, 0.05) is 19.7 Å². The van der Waals surface area contributed by atoms with E-state index in [9.17, 15) is 4.79 Å². The number of carboxylic acid groups (broad SMARTS) is 1. The van der Waals surface area contributed by atoms with Crippen LogP contribution in [0.15, 0.2) is 30.3 Å². The largest absolute Gasteiger partial charge is 0.465 e. The molecule has 110 valence electrons. The first-order valence-electron chi connectivity index (χ1n) is 7.35. The van der Waals surface area contributed by atoms with Crippen LogP contribution in [0.2, 0.25) is 0 Å². The first-order chi connectivity index (χ1) is 9.75. The highest BCUT2D eigenvalue weighted by atomic mass is 16.5. The van der Waals surface area contributed by atoms with Gasteiger partial charge in [-0.25, -0.2) is 4.79 Å². The van der Waals surface area contributed by atoms with Crippen LogP contribution in [0.1, 0.15) is 31.2 Å². The summed E-state index contributed by atoms with van der Waals surface area (Å²) in [4.78, 5) is 12.5. The minimum Gasteiger partial charge on any atom is -0.465 e. The summed E-state index contributed by atoms with van der Waals surface area (Å²) < 4.78 is 5.66. The highest BCUT2D eigenvalue weighted by Gasteiger charge is 2.22. The van der Waals surface area contributed by atoms with E-state index < -0.39 is 6.09 Å². The van der Waals surface area contributed by atoms with Crippen molar-refractivity contribution in [2.45, 2.75) is 32.3 Å². The molecule has 1 fully saturated rings. The lowest BCUT2D eigenvalue weighted by molar-refractivity contribution is 0.0991. The molecule has 1 heterocycles. The molecule has 1 aliphatic rings. The summed E-state index contributed by atoms with van der Waals surface area (Å²) in [5.41, 5.74) is 1.20.